The first kappa shape index (κ1) is 14.4. The molecule has 2 amide bonds. The number of anilines is 1. The fourth-order valence-electron chi connectivity index (χ4n) is 2.65. The van der Waals surface area contributed by atoms with Crippen molar-refractivity contribution in [1.29, 1.82) is 0 Å². The zero-order chi connectivity index (χ0) is 14.8. The molecule has 2 atom stereocenters. The topological polar surface area (TPSA) is 79.3 Å². The monoisotopic (exact) mass is 309 g/mol. The van der Waals surface area contributed by atoms with Crippen LogP contribution in [0.1, 0.15) is 19.4 Å². The average Bonchev–Trinajstić information content (AvgIpc) is 3.19. The van der Waals surface area contributed by atoms with Gasteiger partial charge in [-0.05, 0) is 13.0 Å². The number of nitrogens with zero attached hydrogens (tertiary/aromatic N) is 3. The minimum absolute atomic E-state index is 0.0669. The van der Waals surface area contributed by atoms with Gasteiger partial charge in [0, 0.05) is 31.5 Å². The molecule has 2 fully saturated rings. The summed E-state index contributed by atoms with van der Waals surface area (Å²) in [5.41, 5.74) is 0. The Morgan fingerprint density at radius 1 is 1.52 bits per heavy atom. The van der Waals surface area contributed by atoms with Crippen LogP contribution >= 0.6 is 11.8 Å². The lowest BCUT2D eigenvalue weighted by Gasteiger charge is -2.20. The van der Waals surface area contributed by atoms with Crippen molar-refractivity contribution in [3.05, 3.63) is 12.3 Å². The van der Waals surface area contributed by atoms with Crippen molar-refractivity contribution < 1.29 is 9.59 Å². The van der Waals surface area contributed by atoms with E-state index in [4.69, 9.17) is 0 Å². The second kappa shape index (κ2) is 6.07. The summed E-state index contributed by atoms with van der Waals surface area (Å²) in [6, 6.07) is 1.76. The molecule has 3 heterocycles. The van der Waals surface area contributed by atoms with E-state index in [0.29, 0.717) is 23.5 Å². The van der Waals surface area contributed by atoms with Crippen molar-refractivity contribution in [3.63, 3.8) is 0 Å². The maximum atomic E-state index is 12.3. The van der Waals surface area contributed by atoms with Crippen LogP contribution in [0.5, 0.6) is 0 Å². The predicted molar refractivity (Wildman–Crippen MR) is 81.0 cm³/mol. The minimum Gasteiger partial charge on any atom is -0.321 e. The largest absolute Gasteiger partial charge is 0.321 e. The predicted octanol–water partition coefficient (Wildman–Crippen LogP) is 0.277. The van der Waals surface area contributed by atoms with Crippen molar-refractivity contribution in [1.82, 2.24) is 20.0 Å². The zero-order valence-corrected chi connectivity index (χ0v) is 12.7. The van der Waals surface area contributed by atoms with Crippen molar-refractivity contribution in [2.24, 2.45) is 0 Å². The van der Waals surface area contributed by atoms with Gasteiger partial charge in [0.05, 0.1) is 11.9 Å². The van der Waals surface area contributed by atoms with Crippen LogP contribution in [0.25, 0.3) is 0 Å². The Morgan fingerprint density at radius 3 is 3.10 bits per heavy atom. The van der Waals surface area contributed by atoms with Gasteiger partial charge in [0.2, 0.25) is 11.8 Å². The molecule has 1 aromatic heterocycles. The third-order valence-electron chi connectivity index (χ3n) is 3.86. The number of hydrogen-bond acceptors (Lipinski definition) is 5. The second-order valence-electron chi connectivity index (χ2n) is 5.32. The molecule has 1 aromatic rings. The molecular weight excluding hydrogens is 290 g/mol. The first-order valence-corrected chi connectivity index (χ1v) is 8.22. The molecule has 0 spiro atoms. The van der Waals surface area contributed by atoms with Crippen molar-refractivity contribution in [2.75, 3.05) is 30.0 Å². The average molecular weight is 309 g/mol. The highest BCUT2D eigenvalue weighted by Crippen LogP contribution is 2.22. The standard InChI is InChI=1S/C13H19N5O2S/c1-9(19)17-8-21-7-11(17)13(20)15-12-3-5-18(16-12)10-2-4-14-6-10/h3,5,10-11,14H,2,4,6-8H2,1H3,(H,15,16,20)/t10-,11-/m0/s1. The SMILES string of the molecule is CC(=O)N1CSC[C@H]1C(=O)Nc1ccn([C@H]2CCNC2)n1. The van der Waals surface area contributed by atoms with Gasteiger partial charge >= 0.3 is 0 Å². The van der Waals surface area contributed by atoms with E-state index in [1.165, 1.54) is 6.92 Å². The fourth-order valence-corrected chi connectivity index (χ4v) is 3.87. The molecule has 0 aromatic carbocycles. The Hall–Kier alpha value is -1.54. The Labute approximate surface area is 127 Å². The van der Waals surface area contributed by atoms with Crippen LogP contribution < -0.4 is 10.6 Å². The van der Waals surface area contributed by atoms with Gasteiger partial charge in [0.15, 0.2) is 5.82 Å². The van der Waals surface area contributed by atoms with Gasteiger partial charge in [-0.2, -0.15) is 5.10 Å². The highest BCUT2D eigenvalue weighted by atomic mass is 32.2. The smallest absolute Gasteiger partial charge is 0.249 e. The van der Waals surface area contributed by atoms with Crippen LogP contribution in [-0.4, -0.2) is 57.3 Å². The number of amides is 2. The highest BCUT2D eigenvalue weighted by molar-refractivity contribution is 7.99. The Bertz CT molecular complexity index is 540. The quantitative estimate of drug-likeness (QED) is 0.838. The van der Waals surface area contributed by atoms with Crippen LogP contribution in [0, 0.1) is 0 Å². The van der Waals surface area contributed by atoms with E-state index in [0.717, 1.165) is 19.5 Å². The molecule has 2 aliphatic heterocycles. The molecule has 2 N–H and O–H groups in total. The number of carbonyl (C=O) groups excluding carboxylic acids is 2. The summed E-state index contributed by atoms with van der Waals surface area (Å²) in [5.74, 6) is 1.54. The third-order valence-corrected chi connectivity index (χ3v) is 4.87. The van der Waals surface area contributed by atoms with Crippen LogP contribution in [0.2, 0.25) is 0 Å². The maximum absolute atomic E-state index is 12.3. The number of aromatic nitrogens is 2. The van der Waals surface area contributed by atoms with Gasteiger partial charge in [-0.1, -0.05) is 0 Å². The van der Waals surface area contributed by atoms with Gasteiger partial charge in [-0.3, -0.25) is 14.3 Å². The molecule has 2 aliphatic rings. The summed E-state index contributed by atoms with van der Waals surface area (Å²) in [6.45, 7) is 3.40. The first-order chi connectivity index (χ1) is 10.1. The molecule has 0 aliphatic carbocycles. The Balaban J connectivity index is 1.63. The molecular formula is C13H19N5O2S. The summed E-state index contributed by atoms with van der Waals surface area (Å²) in [4.78, 5) is 25.4. The molecule has 0 unspecified atom stereocenters. The number of thioether (sulfide) groups is 1. The molecule has 0 saturated carbocycles. The summed E-state index contributed by atoms with van der Waals surface area (Å²) in [6.07, 6.45) is 2.94. The lowest BCUT2D eigenvalue weighted by Crippen LogP contribution is -2.43. The molecule has 8 heteroatoms. The van der Waals surface area contributed by atoms with Gasteiger partial charge in [0.1, 0.15) is 6.04 Å². The fraction of sp³-hybridized carbons (Fsp3) is 0.615. The van der Waals surface area contributed by atoms with Crippen LogP contribution in [0.15, 0.2) is 12.3 Å². The number of rotatable bonds is 3. The van der Waals surface area contributed by atoms with Gasteiger partial charge in [-0.25, -0.2) is 0 Å². The molecule has 2 saturated heterocycles. The minimum atomic E-state index is -0.397. The molecule has 7 nitrogen and oxygen atoms in total. The number of hydrogen-bond donors (Lipinski definition) is 2. The highest BCUT2D eigenvalue weighted by Gasteiger charge is 2.33. The lowest BCUT2D eigenvalue weighted by molar-refractivity contribution is -0.134. The van der Waals surface area contributed by atoms with E-state index in [2.05, 4.69) is 15.7 Å². The molecule has 21 heavy (non-hydrogen) atoms. The lowest BCUT2D eigenvalue weighted by atomic mass is 10.2. The van der Waals surface area contributed by atoms with Crippen LogP contribution in [0.4, 0.5) is 5.82 Å². The van der Waals surface area contributed by atoms with E-state index in [9.17, 15) is 9.59 Å². The third kappa shape index (κ3) is 3.06. The van der Waals surface area contributed by atoms with Crippen molar-refractivity contribution in [2.45, 2.75) is 25.4 Å². The molecule has 3 rings (SSSR count). The van der Waals surface area contributed by atoms with Crippen molar-refractivity contribution in [3.8, 4) is 0 Å². The number of nitrogens with one attached hydrogen (secondary N) is 2. The summed E-state index contributed by atoms with van der Waals surface area (Å²) in [7, 11) is 0. The normalized spacial score (nSPS) is 25.3. The van der Waals surface area contributed by atoms with Gasteiger partial charge in [-0.15, -0.1) is 11.8 Å². The summed E-state index contributed by atoms with van der Waals surface area (Å²) < 4.78 is 1.89. The van der Waals surface area contributed by atoms with Crippen molar-refractivity contribution >= 4 is 29.4 Å². The maximum Gasteiger partial charge on any atom is 0.249 e. The summed E-state index contributed by atoms with van der Waals surface area (Å²) in [5, 5.41) is 10.5. The van der Waals surface area contributed by atoms with Crippen LogP contribution in [-0.2, 0) is 9.59 Å². The Morgan fingerprint density at radius 2 is 2.38 bits per heavy atom. The zero-order valence-electron chi connectivity index (χ0n) is 11.9. The van der Waals surface area contributed by atoms with Gasteiger partial charge in [0.25, 0.3) is 0 Å². The number of carbonyl (C=O) groups is 2. The first-order valence-electron chi connectivity index (χ1n) is 7.07. The molecule has 0 radical (unpaired) electrons. The molecule has 0 bridgehead atoms. The van der Waals surface area contributed by atoms with Gasteiger partial charge < -0.3 is 15.5 Å². The second-order valence-corrected chi connectivity index (χ2v) is 6.32. The van der Waals surface area contributed by atoms with E-state index in [1.807, 2.05) is 10.9 Å². The van der Waals surface area contributed by atoms with E-state index < -0.39 is 6.04 Å². The van der Waals surface area contributed by atoms with E-state index in [-0.39, 0.29) is 11.8 Å². The van der Waals surface area contributed by atoms with E-state index in [1.54, 1.807) is 22.7 Å². The summed E-state index contributed by atoms with van der Waals surface area (Å²) >= 11 is 1.59. The Kier molecular flexibility index (Phi) is 4.16. The van der Waals surface area contributed by atoms with E-state index >= 15 is 0 Å². The van der Waals surface area contributed by atoms with Crippen LogP contribution in [0.3, 0.4) is 0 Å². The molecule has 114 valence electrons.